The fourth-order valence-corrected chi connectivity index (χ4v) is 3.31. The molecule has 27 heavy (non-hydrogen) atoms. The Labute approximate surface area is 180 Å². The number of rotatable bonds is 8. The number of anilines is 1. The number of nitrogens with zero attached hydrogens (tertiary/aromatic N) is 2. The monoisotopic (exact) mass is 490 g/mol. The molecule has 1 saturated heterocycles. The Kier molecular flexibility index (Phi) is 10.4. The van der Waals surface area contributed by atoms with Crippen molar-refractivity contribution in [1.82, 2.24) is 10.6 Å². The van der Waals surface area contributed by atoms with Crippen molar-refractivity contribution in [2.45, 2.75) is 33.2 Å². The molecule has 7 heteroatoms. The lowest BCUT2D eigenvalue weighted by atomic mass is 9.84. The number of aliphatic imine (C=N–C) groups is 1. The standard InChI is InChI=1S/C20H34N4O2.HI/c1-5-21-19(23-14-20(8-10-25)9-11-26-15-20)22-13-17-7-6-16(2)12-18(17)24(3)4;/h6-7,12,25H,5,8-11,13-15H2,1-4H3,(H2,21,22,23);1H. The molecule has 0 amide bonds. The van der Waals surface area contributed by atoms with Crippen LogP contribution in [0.3, 0.4) is 0 Å². The van der Waals surface area contributed by atoms with Gasteiger partial charge in [-0.15, -0.1) is 24.0 Å². The first kappa shape index (κ1) is 24.0. The number of hydrogen-bond acceptors (Lipinski definition) is 4. The van der Waals surface area contributed by atoms with Gasteiger partial charge in [0.1, 0.15) is 0 Å². The first-order chi connectivity index (χ1) is 12.5. The maximum Gasteiger partial charge on any atom is 0.191 e. The summed E-state index contributed by atoms with van der Waals surface area (Å²) in [7, 11) is 4.12. The Morgan fingerprint density at radius 1 is 1.33 bits per heavy atom. The molecule has 1 unspecified atom stereocenters. The molecule has 0 radical (unpaired) electrons. The molecular weight excluding hydrogens is 455 g/mol. The highest BCUT2D eigenvalue weighted by atomic mass is 127. The Morgan fingerprint density at radius 3 is 2.70 bits per heavy atom. The summed E-state index contributed by atoms with van der Waals surface area (Å²) in [6.07, 6.45) is 1.73. The minimum Gasteiger partial charge on any atom is -0.396 e. The predicted octanol–water partition coefficient (Wildman–Crippen LogP) is 2.52. The highest BCUT2D eigenvalue weighted by Gasteiger charge is 2.34. The SMILES string of the molecule is CCNC(=NCc1ccc(C)cc1N(C)C)NCC1(CCO)CCOC1.I. The van der Waals surface area contributed by atoms with Gasteiger partial charge in [0.15, 0.2) is 5.96 Å². The molecule has 1 fully saturated rings. The smallest absolute Gasteiger partial charge is 0.191 e. The Hall–Kier alpha value is -1.06. The molecule has 1 aliphatic rings. The van der Waals surface area contributed by atoms with Crippen LogP contribution in [-0.4, -0.2) is 58.1 Å². The number of guanidine groups is 1. The van der Waals surface area contributed by atoms with Crippen molar-refractivity contribution < 1.29 is 9.84 Å². The number of benzene rings is 1. The van der Waals surface area contributed by atoms with E-state index in [9.17, 15) is 5.11 Å². The fraction of sp³-hybridized carbons (Fsp3) is 0.650. The minimum absolute atomic E-state index is 0. The first-order valence-electron chi connectivity index (χ1n) is 9.47. The number of aliphatic hydroxyl groups is 1. The van der Waals surface area contributed by atoms with Crippen molar-refractivity contribution in [3.63, 3.8) is 0 Å². The van der Waals surface area contributed by atoms with E-state index in [0.29, 0.717) is 13.2 Å². The lowest BCUT2D eigenvalue weighted by Gasteiger charge is -2.27. The highest BCUT2D eigenvalue weighted by Crippen LogP contribution is 2.31. The molecular formula is C20H35IN4O2. The van der Waals surface area contributed by atoms with Gasteiger partial charge in [-0.2, -0.15) is 0 Å². The molecule has 1 aromatic carbocycles. The van der Waals surface area contributed by atoms with E-state index in [4.69, 9.17) is 9.73 Å². The molecule has 154 valence electrons. The van der Waals surface area contributed by atoms with Gasteiger partial charge in [-0.3, -0.25) is 0 Å². The van der Waals surface area contributed by atoms with Crippen molar-refractivity contribution >= 4 is 35.6 Å². The quantitative estimate of drug-likeness (QED) is 0.297. The van der Waals surface area contributed by atoms with Crippen LogP contribution in [0.15, 0.2) is 23.2 Å². The molecule has 1 atom stereocenters. The van der Waals surface area contributed by atoms with E-state index in [1.807, 2.05) is 0 Å². The van der Waals surface area contributed by atoms with E-state index in [0.717, 1.165) is 38.5 Å². The second-order valence-electron chi connectivity index (χ2n) is 7.35. The van der Waals surface area contributed by atoms with Crippen LogP contribution in [0.25, 0.3) is 0 Å². The summed E-state index contributed by atoms with van der Waals surface area (Å²) in [5.74, 6) is 0.807. The fourth-order valence-electron chi connectivity index (χ4n) is 3.31. The van der Waals surface area contributed by atoms with Crippen molar-refractivity contribution in [3.8, 4) is 0 Å². The maximum absolute atomic E-state index is 9.38. The van der Waals surface area contributed by atoms with E-state index in [1.165, 1.54) is 16.8 Å². The molecule has 6 nitrogen and oxygen atoms in total. The molecule has 0 spiro atoms. The Morgan fingerprint density at radius 2 is 2.11 bits per heavy atom. The van der Waals surface area contributed by atoms with Crippen LogP contribution >= 0.6 is 24.0 Å². The van der Waals surface area contributed by atoms with Gasteiger partial charge >= 0.3 is 0 Å². The van der Waals surface area contributed by atoms with Gasteiger partial charge in [0.2, 0.25) is 0 Å². The zero-order valence-corrected chi connectivity index (χ0v) is 19.4. The van der Waals surface area contributed by atoms with Gasteiger partial charge in [-0.05, 0) is 43.9 Å². The van der Waals surface area contributed by atoms with Gasteiger partial charge < -0.3 is 25.4 Å². The third-order valence-corrected chi connectivity index (χ3v) is 4.93. The van der Waals surface area contributed by atoms with Crippen LogP contribution in [0, 0.1) is 12.3 Å². The summed E-state index contributed by atoms with van der Waals surface area (Å²) in [6.45, 7) is 8.01. The Balaban J connectivity index is 0.00000364. The zero-order chi connectivity index (χ0) is 19.0. The Bertz CT molecular complexity index is 602. The molecule has 1 aliphatic heterocycles. The number of ether oxygens (including phenoxy) is 1. The largest absolute Gasteiger partial charge is 0.396 e. The van der Waals surface area contributed by atoms with Crippen molar-refractivity contribution in [1.29, 1.82) is 0 Å². The normalized spacial score (nSPS) is 19.5. The number of hydrogen-bond donors (Lipinski definition) is 3. The predicted molar refractivity (Wildman–Crippen MR) is 123 cm³/mol. The number of aliphatic hydroxyl groups excluding tert-OH is 1. The van der Waals surface area contributed by atoms with E-state index in [-0.39, 0.29) is 36.0 Å². The van der Waals surface area contributed by atoms with Gasteiger partial charge in [-0.25, -0.2) is 4.99 Å². The summed E-state index contributed by atoms with van der Waals surface area (Å²) >= 11 is 0. The summed E-state index contributed by atoms with van der Waals surface area (Å²) < 4.78 is 5.57. The van der Waals surface area contributed by atoms with E-state index in [1.54, 1.807) is 0 Å². The molecule has 1 heterocycles. The number of aryl methyl sites for hydroxylation is 1. The minimum atomic E-state index is 0. The zero-order valence-electron chi connectivity index (χ0n) is 17.0. The number of nitrogens with one attached hydrogen (secondary N) is 2. The molecule has 0 bridgehead atoms. The average molecular weight is 490 g/mol. The van der Waals surface area contributed by atoms with Crippen LogP contribution in [0.1, 0.15) is 30.9 Å². The summed E-state index contributed by atoms with van der Waals surface area (Å²) in [4.78, 5) is 6.90. The lowest BCUT2D eigenvalue weighted by Crippen LogP contribution is -2.44. The topological polar surface area (TPSA) is 69.1 Å². The van der Waals surface area contributed by atoms with E-state index < -0.39 is 0 Å². The van der Waals surface area contributed by atoms with Gasteiger partial charge in [0.05, 0.1) is 13.2 Å². The van der Waals surface area contributed by atoms with Crippen LogP contribution in [-0.2, 0) is 11.3 Å². The molecule has 0 saturated carbocycles. The molecule has 2 rings (SSSR count). The second-order valence-corrected chi connectivity index (χ2v) is 7.35. The van der Waals surface area contributed by atoms with Crippen LogP contribution in [0.5, 0.6) is 0 Å². The molecule has 0 aromatic heterocycles. The van der Waals surface area contributed by atoms with Crippen LogP contribution in [0.4, 0.5) is 5.69 Å². The molecule has 3 N–H and O–H groups in total. The third-order valence-electron chi connectivity index (χ3n) is 4.93. The molecule has 1 aromatic rings. The summed E-state index contributed by atoms with van der Waals surface area (Å²) in [6, 6.07) is 6.47. The first-order valence-corrected chi connectivity index (χ1v) is 9.47. The van der Waals surface area contributed by atoms with Crippen LogP contribution in [0.2, 0.25) is 0 Å². The molecule has 0 aliphatic carbocycles. The van der Waals surface area contributed by atoms with Gasteiger partial charge in [0, 0.05) is 51.5 Å². The lowest BCUT2D eigenvalue weighted by molar-refractivity contribution is 0.127. The van der Waals surface area contributed by atoms with E-state index >= 15 is 0 Å². The average Bonchev–Trinajstić information content (AvgIpc) is 3.07. The highest BCUT2D eigenvalue weighted by molar-refractivity contribution is 14.0. The van der Waals surface area contributed by atoms with E-state index in [2.05, 4.69) is 61.7 Å². The summed E-state index contributed by atoms with van der Waals surface area (Å²) in [5.41, 5.74) is 3.65. The summed E-state index contributed by atoms with van der Waals surface area (Å²) in [5, 5.41) is 16.2. The van der Waals surface area contributed by atoms with Gasteiger partial charge in [-0.1, -0.05) is 12.1 Å². The van der Waals surface area contributed by atoms with Crippen molar-refractivity contribution in [2.75, 3.05) is 51.9 Å². The van der Waals surface area contributed by atoms with Crippen molar-refractivity contribution in [2.24, 2.45) is 10.4 Å². The van der Waals surface area contributed by atoms with Crippen LogP contribution < -0.4 is 15.5 Å². The maximum atomic E-state index is 9.38. The second kappa shape index (κ2) is 11.7. The van der Waals surface area contributed by atoms with Crippen molar-refractivity contribution in [3.05, 3.63) is 29.3 Å². The third kappa shape index (κ3) is 7.12. The number of halogens is 1. The van der Waals surface area contributed by atoms with Gasteiger partial charge in [0.25, 0.3) is 0 Å².